The summed E-state index contributed by atoms with van der Waals surface area (Å²) >= 11 is 0. The number of hydrogen-bond donors (Lipinski definition) is 3. The standard InChI is InChI=1S/C30H40N4O8/c1-17(2)13-22(29(38)33(3)23(26(31)35)14-18-7-5-4-6-8-18)32-21(30(39)40)9-10-34-27(36)19-15-24-25(42-12-11-41-24)16-20(19)28(34)37/h4-8,11-12,17,19-25,32H,9-10,13-16H2,1-3H3,(H2,31,35)(H,39,40)/t19?,20?,21-,22+,23+,24?,25?/m1/s1. The molecule has 1 saturated carbocycles. The lowest BCUT2D eigenvalue weighted by atomic mass is 9.77. The predicted octanol–water partition coefficient (Wildman–Crippen LogP) is 1.04. The Morgan fingerprint density at radius 1 is 1.02 bits per heavy atom. The van der Waals surface area contributed by atoms with Crippen LogP contribution in [0.4, 0.5) is 0 Å². The highest BCUT2D eigenvalue weighted by molar-refractivity contribution is 6.05. The summed E-state index contributed by atoms with van der Waals surface area (Å²) in [6, 6.07) is 6.06. The highest BCUT2D eigenvalue weighted by atomic mass is 16.6. The number of primary amides is 1. The summed E-state index contributed by atoms with van der Waals surface area (Å²) in [5.41, 5.74) is 6.50. The summed E-state index contributed by atoms with van der Waals surface area (Å²) in [5, 5.41) is 13.0. The molecule has 1 aliphatic carbocycles. The SMILES string of the molecule is CC(C)C[C@H](N[C@H](CCN1C(=O)C2CC3OC=COC3CC2C1=O)C(=O)O)C(=O)N(C)[C@@H](Cc1ccccc1)C(N)=O. The highest BCUT2D eigenvalue weighted by Gasteiger charge is 2.54. The Kier molecular flexibility index (Phi) is 9.87. The van der Waals surface area contributed by atoms with Gasteiger partial charge in [0.25, 0.3) is 0 Å². The van der Waals surface area contributed by atoms with Crippen LogP contribution >= 0.6 is 0 Å². The van der Waals surface area contributed by atoms with Crippen LogP contribution < -0.4 is 11.1 Å². The van der Waals surface area contributed by atoms with Gasteiger partial charge in [-0.25, -0.2) is 0 Å². The van der Waals surface area contributed by atoms with Crippen LogP contribution in [0.3, 0.4) is 0 Å². The van der Waals surface area contributed by atoms with Crippen LogP contribution in [0, 0.1) is 17.8 Å². The number of likely N-dealkylation sites (tertiary alicyclic amines) is 1. The zero-order chi connectivity index (χ0) is 30.6. The molecule has 2 heterocycles. The molecule has 0 bridgehead atoms. The van der Waals surface area contributed by atoms with Crippen LogP contribution in [0.5, 0.6) is 0 Å². The van der Waals surface area contributed by atoms with Gasteiger partial charge in [-0.05, 0) is 24.3 Å². The van der Waals surface area contributed by atoms with Gasteiger partial charge < -0.3 is 25.2 Å². The molecule has 4 N–H and O–H groups in total. The van der Waals surface area contributed by atoms with E-state index in [2.05, 4.69) is 5.32 Å². The molecule has 2 aliphatic heterocycles. The number of ether oxygens (including phenoxy) is 2. The fourth-order valence-electron chi connectivity index (χ4n) is 6.12. The number of fused-ring (bicyclic) bond motifs is 2. The third-order valence-corrected chi connectivity index (χ3v) is 8.36. The molecule has 4 rings (SSSR count). The molecule has 0 spiro atoms. The van der Waals surface area contributed by atoms with Crippen molar-refractivity contribution in [3.05, 3.63) is 48.4 Å². The van der Waals surface area contributed by atoms with Gasteiger partial charge >= 0.3 is 5.97 Å². The lowest BCUT2D eigenvalue weighted by molar-refractivity contribution is -0.145. The number of nitrogens with one attached hydrogen (secondary N) is 1. The van der Waals surface area contributed by atoms with Gasteiger partial charge in [0.2, 0.25) is 23.6 Å². The fourth-order valence-corrected chi connectivity index (χ4v) is 6.12. The zero-order valence-electron chi connectivity index (χ0n) is 24.2. The van der Waals surface area contributed by atoms with Crippen molar-refractivity contribution in [2.75, 3.05) is 13.6 Å². The molecule has 0 radical (unpaired) electrons. The number of carbonyl (C=O) groups is 5. The van der Waals surface area contributed by atoms with Crippen molar-refractivity contribution in [2.45, 2.75) is 76.3 Å². The summed E-state index contributed by atoms with van der Waals surface area (Å²) in [6.07, 6.45) is 3.36. The third-order valence-electron chi connectivity index (χ3n) is 8.36. The summed E-state index contributed by atoms with van der Waals surface area (Å²) in [5.74, 6) is -4.10. The van der Waals surface area contributed by atoms with Crippen LogP contribution in [-0.2, 0) is 39.9 Å². The second-order valence-corrected chi connectivity index (χ2v) is 11.7. The Labute approximate surface area is 245 Å². The lowest BCUT2D eigenvalue weighted by Gasteiger charge is -2.36. The number of hydrogen-bond acceptors (Lipinski definition) is 8. The van der Waals surface area contributed by atoms with Crippen LogP contribution in [0.15, 0.2) is 42.9 Å². The molecule has 1 saturated heterocycles. The molecule has 3 aliphatic rings. The highest BCUT2D eigenvalue weighted by Crippen LogP contribution is 2.41. The molecule has 1 aromatic carbocycles. The molecule has 0 aromatic heterocycles. The summed E-state index contributed by atoms with van der Waals surface area (Å²) < 4.78 is 11.2. The summed E-state index contributed by atoms with van der Waals surface area (Å²) in [4.78, 5) is 67.1. The van der Waals surface area contributed by atoms with E-state index >= 15 is 0 Å². The quantitative estimate of drug-likeness (QED) is 0.287. The smallest absolute Gasteiger partial charge is 0.320 e. The minimum absolute atomic E-state index is 0.0165. The number of carboxylic acids is 1. The van der Waals surface area contributed by atoms with Crippen molar-refractivity contribution in [3.63, 3.8) is 0 Å². The monoisotopic (exact) mass is 584 g/mol. The lowest BCUT2D eigenvalue weighted by Crippen LogP contribution is -2.56. The Hall–Kier alpha value is -3.93. The van der Waals surface area contributed by atoms with E-state index in [1.54, 1.807) is 0 Å². The van der Waals surface area contributed by atoms with E-state index in [-0.39, 0.29) is 49.3 Å². The topological polar surface area (TPSA) is 169 Å². The van der Waals surface area contributed by atoms with Gasteiger partial charge in [-0.15, -0.1) is 0 Å². The van der Waals surface area contributed by atoms with E-state index in [0.717, 1.165) is 10.5 Å². The molecular weight excluding hydrogens is 544 g/mol. The third kappa shape index (κ3) is 6.92. The maximum Gasteiger partial charge on any atom is 0.320 e. The van der Waals surface area contributed by atoms with Crippen molar-refractivity contribution < 1.29 is 38.6 Å². The number of carboxylic acid groups (broad SMARTS) is 1. The van der Waals surface area contributed by atoms with Crippen molar-refractivity contribution in [2.24, 2.45) is 23.5 Å². The fraction of sp³-hybridized carbons (Fsp3) is 0.567. The van der Waals surface area contributed by atoms with E-state index in [0.29, 0.717) is 19.3 Å². The Morgan fingerprint density at radius 2 is 1.60 bits per heavy atom. The molecule has 1 aromatic rings. The Bertz CT molecular complexity index is 1170. The van der Waals surface area contributed by atoms with E-state index < -0.39 is 47.7 Å². The van der Waals surface area contributed by atoms with Crippen LogP contribution in [-0.4, -0.2) is 88.4 Å². The van der Waals surface area contributed by atoms with E-state index in [1.165, 1.54) is 24.5 Å². The maximum atomic E-state index is 13.6. The molecule has 2 fully saturated rings. The van der Waals surface area contributed by atoms with Gasteiger partial charge in [0.15, 0.2) is 0 Å². The first-order valence-corrected chi connectivity index (χ1v) is 14.4. The second kappa shape index (κ2) is 13.4. The van der Waals surface area contributed by atoms with Gasteiger partial charge in [-0.3, -0.25) is 34.2 Å². The van der Waals surface area contributed by atoms with E-state index in [9.17, 15) is 29.1 Å². The number of nitrogens with zero attached hydrogens (tertiary/aromatic N) is 2. The first-order chi connectivity index (χ1) is 20.0. The molecule has 7 atom stereocenters. The largest absolute Gasteiger partial charge is 0.491 e. The summed E-state index contributed by atoms with van der Waals surface area (Å²) in [7, 11) is 1.48. The first-order valence-electron chi connectivity index (χ1n) is 14.4. The average molecular weight is 585 g/mol. The van der Waals surface area contributed by atoms with Gasteiger partial charge in [-0.1, -0.05) is 44.2 Å². The number of benzene rings is 1. The van der Waals surface area contributed by atoms with Crippen LogP contribution in [0.1, 0.15) is 45.1 Å². The minimum Gasteiger partial charge on any atom is -0.491 e. The van der Waals surface area contributed by atoms with Crippen molar-refractivity contribution in [1.82, 2.24) is 15.1 Å². The van der Waals surface area contributed by atoms with Gasteiger partial charge in [0, 0.05) is 32.9 Å². The maximum absolute atomic E-state index is 13.6. The van der Waals surface area contributed by atoms with Gasteiger partial charge in [0.1, 0.15) is 36.8 Å². The molecule has 4 amide bonds. The second-order valence-electron chi connectivity index (χ2n) is 11.7. The number of imide groups is 1. The molecule has 228 valence electrons. The Balaban J connectivity index is 1.43. The van der Waals surface area contributed by atoms with Crippen LogP contribution in [0.25, 0.3) is 0 Å². The van der Waals surface area contributed by atoms with Gasteiger partial charge in [-0.2, -0.15) is 0 Å². The molecule has 12 heteroatoms. The molecule has 42 heavy (non-hydrogen) atoms. The molecule has 4 unspecified atom stereocenters. The predicted molar refractivity (Wildman–Crippen MR) is 150 cm³/mol. The van der Waals surface area contributed by atoms with E-state index in [1.807, 2.05) is 44.2 Å². The number of nitrogens with two attached hydrogens (primary N) is 1. The Morgan fingerprint density at radius 3 is 2.10 bits per heavy atom. The van der Waals surface area contributed by atoms with Crippen LogP contribution in [0.2, 0.25) is 0 Å². The number of amides is 4. The van der Waals surface area contributed by atoms with Crippen molar-refractivity contribution in [3.8, 4) is 0 Å². The number of rotatable bonds is 13. The normalized spacial score (nSPS) is 25.1. The minimum atomic E-state index is -1.23. The van der Waals surface area contributed by atoms with Gasteiger partial charge in [0.05, 0.1) is 17.9 Å². The average Bonchev–Trinajstić information content (AvgIpc) is 3.19. The number of carbonyl (C=O) groups excluding carboxylic acids is 4. The molecule has 12 nitrogen and oxygen atoms in total. The first kappa shape index (κ1) is 31.0. The zero-order valence-corrected chi connectivity index (χ0v) is 24.2. The number of likely N-dealkylation sites (N-methyl/N-ethyl adjacent to an activating group) is 1. The van der Waals surface area contributed by atoms with E-state index in [4.69, 9.17) is 15.2 Å². The number of aliphatic carboxylic acids is 1. The van der Waals surface area contributed by atoms with Crippen molar-refractivity contribution in [1.29, 1.82) is 0 Å². The molecular formula is C30H40N4O8. The summed E-state index contributed by atoms with van der Waals surface area (Å²) in [6.45, 7) is 3.69. The van der Waals surface area contributed by atoms with Crippen molar-refractivity contribution >= 4 is 29.6 Å².